The number of nitrogens with one attached hydrogen (secondary N) is 1. The van der Waals surface area contributed by atoms with Gasteiger partial charge in [0.15, 0.2) is 34.7 Å². The molecule has 0 spiro atoms. The highest BCUT2D eigenvalue weighted by molar-refractivity contribution is 5.82. The smallest absolute Gasteiger partial charge is 0.201 e. The quantitative estimate of drug-likeness (QED) is 0.334. The first-order valence-corrected chi connectivity index (χ1v) is 9.46. The van der Waals surface area contributed by atoms with Gasteiger partial charge in [-0.1, -0.05) is 0 Å². The van der Waals surface area contributed by atoms with Crippen molar-refractivity contribution in [3.8, 4) is 17.2 Å². The summed E-state index contributed by atoms with van der Waals surface area (Å²) in [5, 5.41) is 43.0. The Kier molecular flexibility index (Phi) is 5.78. The molecule has 0 radical (unpaired) electrons. The van der Waals surface area contributed by atoms with E-state index in [1.54, 1.807) is 12.1 Å². The van der Waals surface area contributed by atoms with Gasteiger partial charge in [-0.05, 0) is 12.1 Å². The van der Waals surface area contributed by atoms with Gasteiger partial charge in [0.2, 0.25) is 5.75 Å². The van der Waals surface area contributed by atoms with Crippen molar-refractivity contribution in [2.45, 2.75) is 31.1 Å². The molecule has 4 rings (SSSR count). The van der Waals surface area contributed by atoms with Crippen molar-refractivity contribution in [1.29, 1.82) is 0 Å². The molecule has 1 unspecified atom stereocenters. The minimum absolute atomic E-state index is 0.106. The van der Waals surface area contributed by atoms with Gasteiger partial charge in [0.25, 0.3) is 0 Å². The van der Waals surface area contributed by atoms with E-state index in [-0.39, 0.29) is 18.0 Å². The Hall–Kier alpha value is -3.19. The van der Waals surface area contributed by atoms with Crippen LogP contribution in [-0.2, 0) is 11.3 Å². The molecule has 1 aliphatic rings. The molecule has 1 aliphatic heterocycles. The number of imidazole rings is 1. The molecule has 0 saturated carbocycles. The Morgan fingerprint density at radius 2 is 1.94 bits per heavy atom. The number of phenols is 1. The van der Waals surface area contributed by atoms with Crippen molar-refractivity contribution in [3.05, 3.63) is 30.4 Å². The van der Waals surface area contributed by atoms with Crippen LogP contribution in [0.1, 0.15) is 11.8 Å². The largest absolute Gasteiger partial charge is 0.502 e. The molecule has 3 aromatic rings. The average Bonchev–Trinajstić information content (AvgIpc) is 3.33. The van der Waals surface area contributed by atoms with E-state index in [1.165, 1.54) is 31.4 Å². The molecule has 0 bridgehead atoms. The second-order valence-corrected chi connectivity index (χ2v) is 6.94. The monoisotopic (exact) mass is 433 g/mol. The summed E-state index contributed by atoms with van der Waals surface area (Å²) in [6, 6.07) is 3.38. The van der Waals surface area contributed by atoms with Gasteiger partial charge in [0.1, 0.15) is 24.6 Å². The number of aliphatic hydroxyl groups is 3. The number of anilines is 1. The van der Waals surface area contributed by atoms with E-state index < -0.39 is 31.1 Å². The first kappa shape index (κ1) is 21.1. The lowest BCUT2D eigenvalue weighted by molar-refractivity contribution is -0.0511. The van der Waals surface area contributed by atoms with Crippen LogP contribution < -0.4 is 14.8 Å². The third-order valence-corrected chi connectivity index (χ3v) is 5.20. The number of aliphatic hydroxyl groups excluding tert-OH is 3. The standard InChI is InChI=1S/C19H23N5O7/c1-29-10-4-3-9(16(30-2)14(10)27)5-20-17-12-18(22-7-21-17)24(8-23-12)19-15(28)13(26)11(6-25)31-19/h3-4,7-8,11,13,15,19,25-28H,5-6H2,1-2H3,(H,20,21,22)/t11-,13-,15-,19?/m1/s1. The SMILES string of the molecule is COc1ccc(CNc2ncnc3c2ncn3C2O[C@H](CO)[C@@H](O)[C@H]2O)c(OC)c1O. The van der Waals surface area contributed by atoms with Gasteiger partial charge in [0, 0.05) is 12.1 Å². The molecular formula is C19H23N5O7. The summed E-state index contributed by atoms with van der Waals surface area (Å²) in [5.41, 5.74) is 1.45. The van der Waals surface area contributed by atoms with Crippen LogP contribution in [0.2, 0.25) is 0 Å². The van der Waals surface area contributed by atoms with Crippen LogP contribution in [0.4, 0.5) is 5.82 Å². The zero-order chi connectivity index (χ0) is 22.1. The van der Waals surface area contributed by atoms with Gasteiger partial charge in [-0.15, -0.1) is 0 Å². The minimum Gasteiger partial charge on any atom is -0.502 e. The second kappa shape index (κ2) is 8.51. The minimum atomic E-state index is -1.26. The first-order valence-electron chi connectivity index (χ1n) is 9.46. The van der Waals surface area contributed by atoms with Gasteiger partial charge in [-0.3, -0.25) is 4.57 Å². The number of fused-ring (bicyclic) bond motifs is 1. The molecule has 3 heterocycles. The maximum Gasteiger partial charge on any atom is 0.201 e. The van der Waals surface area contributed by atoms with E-state index >= 15 is 0 Å². The highest BCUT2D eigenvalue weighted by Crippen LogP contribution is 2.39. The molecule has 0 amide bonds. The van der Waals surface area contributed by atoms with Crippen molar-refractivity contribution in [3.63, 3.8) is 0 Å². The molecule has 5 N–H and O–H groups in total. The van der Waals surface area contributed by atoms with Crippen LogP contribution in [0.5, 0.6) is 17.2 Å². The van der Waals surface area contributed by atoms with Gasteiger partial charge in [-0.2, -0.15) is 0 Å². The Bertz CT molecular complexity index is 1080. The van der Waals surface area contributed by atoms with Crippen LogP contribution >= 0.6 is 0 Å². The molecule has 1 aromatic carbocycles. The third-order valence-electron chi connectivity index (χ3n) is 5.20. The number of aromatic nitrogens is 4. The van der Waals surface area contributed by atoms with Crippen molar-refractivity contribution < 1.29 is 34.6 Å². The lowest BCUT2D eigenvalue weighted by Crippen LogP contribution is -2.33. The zero-order valence-electron chi connectivity index (χ0n) is 16.8. The molecule has 1 fully saturated rings. The zero-order valence-corrected chi connectivity index (χ0v) is 16.8. The number of hydrogen-bond acceptors (Lipinski definition) is 11. The molecule has 12 nitrogen and oxygen atoms in total. The third kappa shape index (κ3) is 3.59. The molecule has 1 saturated heterocycles. The van der Waals surface area contributed by atoms with Gasteiger partial charge < -0.3 is 40.0 Å². The molecule has 12 heteroatoms. The van der Waals surface area contributed by atoms with Crippen molar-refractivity contribution >= 4 is 17.0 Å². The fraction of sp³-hybridized carbons (Fsp3) is 0.421. The number of aromatic hydroxyl groups is 1. The number of methoxy groups -OCH3 is 2. The van der Waals surface area contributed by atoms with E-state index in [1.807, 2.05) is 0 Å². The fourth-order valence-corrected chi connectivity index (χ4v) is 3.58. The Labute approximate surface area is 176 Å². The summed E-state index contributed by atoms with van der Waals surface area (Å²) < 4.78 is 17.4. The summed E-state index contributed by atoms with van der Waals surface area (Å²) in [6.07, 6.45) is -1.61. The summed E-state index contributed by atoms with van der Waals surface area (Å²) in [5.74, 6) is 0.870. The molecular weight excluding hydrogens is 410 g/mol. The number of nitrogens with zero attached hydrogens (tertiary/aromatic N) is 4. The fourth-order valence-electron chi connectivity index (χ4n) is 3.58. The van der Waals surface area contributed by atoms with Crippen LogP contribution in [0, 0.1) is 0 Å². The molecule has 0 aliphatic carbocycles. The summed E-state index contributed by atoms with van der Waals surface area (Å²) in [6.45, 7) is -0.173. The first-order chi connectivity index (χ1) is 15.0. The highest BCUT2D eigenvalue weighted by Gasteiger charge is 2.44. The second-order valence-electron chi connectivity index (χ2n) is 6.94. The van der Waals surface area contributed by atoms with Crippen LogP contribution in [0.15, 0.2) is 24.8 Å². The Morgan fingerprint density at radius 3 is 2.61 bits per heavy atom. The van der Waals surface area contributed by atoms with Crippen molar-refractivity contribution in [1.82, 2.24) is 19.5 Å². The van der Waals surface area contributed by atoms with Crippen LogP contribution in [0.25, 0.3) is 11.2 Å². The van der Waals surface area contributed by atoms with E-state index in [0.717, 1.165) is 0 Å². The average molecular weight is 433 g/mol. The maximum absolute atomic E-state index is 10.3. The van der Waals surface area contributed by atoms with E-state index in [2.05, 4.69) is 20.3 Å². The molecule has 2 aromatic heterocycles. The molecule has 166 valence electrons. The molecule has 31 heavy (non-hydrogen) atoms. The van der Waals surface area contributed by atoms with E-state index in [4.69, 9.17) is 14.2 Å². The number of ether oxygens (including phenoxy) is 3. The Morgan fingerprint density at radius 1 is 1.13 bits per heavy atom. The molecule has 4 atom stereocenters. The highest BCUT2D eigenvalue weighted by atomic mass is 16.6. The predicted octanol–water partition coefficient (Wildman–Crippen LogP) is -0.227. The summed E-state index contributed by atoms with van der Waals surface area (Å²) in [7, 11) is 2.90. The normalized spacial score (nSPS) is 23.3. The van der Waals surface area contributed by atoms with Gasteiger partial charge in [-0.25, -0.2) is 15.0 Å². The number of phenolic OH excluding ortho intramolecular Hbond substituents is 1. The number of hydrogen-bond donors (Lipinski definition) is 5. The van der Waals surface area contributed by atoms with Crippen LogP contribution in [-0.4, -0.2) is 79.1 Å². The topological polar surface area (TPSA) is 164 Å². The Balaban J connectivity index is 1.61. The van der Waals surface area contributed by atoms with Crippen LogP contribution in [0.3, 0.4) is 0 Å². The van der Waals surface area contributed by atoms with Gasteiger partial charge in [0.05, 0.1) is 27.2 Å². The summed E-state index contributed by atoms with van der Waals surface area (Å²) in [4.78, 5) is 12.7. The maximum atomic E-state index is 10.3. The van der Waals surface area contributed by atoms with Crippen molar-refractivity contribution in [2.75, 3.05) is 26.1 Å². The summed E-state index contributed by atoms with van der Waals surface area (Å²) >= 11 is 0. The number of rotatable bonds is 7. The predicted molar refractivity (Wildman–Crippen MR) is 107 cm³/mol. The van der Waals surface area contributed by atoms with Crippen molar-refractivity contribution in [2.24, 2.45) is 0 Å². The van der Waals surface area contributed by atoms with E-state index in [9.17, 15) is 20.4 Å². The van der Waals surface area contributed by atoms with Gasteiger partial charge >= 0.3 is 0 Å². The van der Waals surface area contributed by atoms with E-state index in [0.29, 0.717) is 28.3 Å². The number of benzene rings is 1. The lowest BCUT2D eigenvalue weighted by atomic mass is 10.1. The lowest BCUT2D eigenvalue weighted by Gasteiger charge is -2.16.